The molecule has 4 aliphatic rings. The molecule has 19 rings (SSSR count). The molecule has 15 aromatic rings. The number of fused-ring (bicyclic) bond motifs is 2. The molecule has 0 spiro atoms. The van der Waals surface area contributed by atoms with Crippen molar-refractivity contribution in [2.45, 2.75) is 114 Å². The van der Waals surface area contributed by atoms with Gasteiger partial charge in [-0.3, -0.25) is 18.9 Å². The molecule has 5 aromatic heterocycles. The molecule has 3 atom stereocenters. The van der Waals surface area contributed by atoms with Gasteiger partial charge in [0, 0.05) is 88.0 Å². The van der Waals surface area contributed by atoms with Crippen LogP contribution in [0.5, 0.6) is 0 Å². The van der Waals surface area contributed by atoms with Crippen LogP contribution in [0.2, 0.25) is 0 Å². The zero-order chi connectivity index (χ0) is 92.6. The Hall–Kier alpha value is -13.5. The van der Waals surface area contributed by atoms with Gasteiger partial charge >= 0.3 is 21.1 Å². The van der Waals surface area contributed by atoms with Crippen molar-refractivity contribution in [2.24, 2.45) is 22.7 Å². The van der Waals surface area contributed by atoms with Crippen molar-refractivity contribution in [1.29, 1.82) is 0 Å². The molecular weight excluding hydrogens is 2210 g/mol. The number of carbonyl (C=O) groups excluding carboxylic acids is 1. The molecule has 10 aromatic carbocycles. The molecule has 0 saturated heterocycles. The number of allylic oxidation sites excluding steroid dienone is 10. The Morgan fingerprint density at radius 3 is 1.56 bits per heavy atom. The number of aliphatic hydroxyl groups is 1. The number of aliphatic imine (C=N–C) groups is 1. The van der Waals surface area contributed by atoms with Crippen molar-refractivity contribution in [3.05, 3.63) is 505 Å². The van der Waals surface area contributed by atoms with Crippen LogP contribution in [0.25, 0.3) is 83.3 Å². The first-order chi connectivity index (χ1) is 64.9. The fourth-order valence-corrected chi connectivity index (χ4v) is 17.3. The third-order valence-electron chi connectivity index (χ3n) is 24.0. The average Bonchev–Trinajstić information content (AvgIpc) is 0.775. The summed E-state index contributed by atoms with van der Waals surface area (Å²) in [6.07, 6.45) is 45.9. The van der Waals surface area contributed by atoms with Crippen LogP contribution in [0.15, 0.2) is 405 Å². The van der Waals surface area contributed by atoms with Crippen molar-refractivity contribution in [3.8, 4) is 56.2 Å². The Balaban J connectivity index is 0.000000193. The van der Waals surface area contributed by atoms with E-state index in [1.807, 2.05) is 188 Å². The van der Waals surface area contributed by atoms with Crippen molar-refractivity contribution in [2.75, 3.05) is 0 Å². The second kappa shape index (κ2) is 53.7. The van der Waals surface area contributed by atoms with Crippen LogP contribution in [0.1, 0.15) is 124 Å². The maximum absolute atomic E-state index is 10.0. The molecule has 2 aliphatic heterocycles. The summed E-state index contributed by atoms with van der Waals surface area (Å²) in [4.78, 5) is 32.3. The van der Waals surface area contributed by atoms with E-state index in [4.69, 9.17) is 10.1 Å². The van der Waals surface area contributed by atoms with Gasteiger partial charge in [0.05, 0.1) is 19.2 Å². The number of aromatic nitrogens is 5. The molecule has 0 amide bonds. The minimum Gasteiger partial charge on any atom is -0.512 e. The number of ketones is 1. The summed E-state index contributed by atoms with van der Waals surface area (Å²) >= 11 is 0. The van der Waals surface area contributed by atoms with E-state index in [1.165, 1.54) is 159 Å². The Morgan fingerprint density at radius 1 is 0.496 bits per heavy atom. The van der Waals surface area contributed by atoms with E-state index in [2.05, 4.69) is 301 Å². The first kappa shape index (κ1) is 106. The predicted molar refractivity (Wildman–Crippen MR) is 555 cm³/mol. The third-order valence-corrected chi connectivity index (χ3v) is 24.0. The third kappa shape index (κ3) is 30.5. The minimum atomic E-state index is -0.125. The first-order valence-corrected chi connectivity index (χ1v) is 45.6. The summed E-state index contributed by atoms with van der Waals surface area (Å²) in [5.41, 5.74) is 24.8. The summed E-state index contributed by atoms with van der Waals surface area (Å²) in [7, 11) is 0. The number of nitrogens with zero attached hydrogens (tertiary/aromatic N) is 8. The number of para-hydroxylation sites is 1. The fourth-order valence-electron chi connectivity index (χ4n) is 17.3. The zero-order valence-electron chi connectivity index (χ0n) is 78.1. The normalized spacial score (nSPS) is 14.9. The van der Waals surface area contributed by atoms with Crippen LogP contribution in [-0.4, -0.2) is 59.6 Å². The van der Waals surface area contributed by atoms with Gasteiger partial charge in [0.15, 0.2) is 12.0 Å². The maximum atomic E-state index is 10.0. The number of pyridine rings is 5. The van der Waals surface area contributed by atoms with Gasteiger partial charge in [-0.25, -0.2) is 4.24 Å². The van der Waals surface area contributed by atoms with E-state index in [9.17, 15) is 4.79 Å². The largest absolute Gasteiger partial charge is 2.00 e. The van der Waals surface area contributed by atoms with Gasteiger partial charge in [0.1, 0.15) is 36.6 Å². The Bertz CT molecular complexity index is 6770. The molecule has 1 N–H and O–H groups in total. The van der Waals surface area contributed by atoms with Gasteiger partial charge in [-0.15, -0.1) is 215 Å². The molecular formula is C124H117Ir2N8O2Pt-3. The Labute approximate surface area is 853 Å². The van der Waals surface area contributed by atoms with Crippen molar-refractivity contribution < 1.29 is 84.6 Å². The van der Waals surface area contributed by atoms with E-state index in [0.29, 0.717) is 0 Å². The van der Waals surface area contributed by atoms with Crippen molar-refractivity contribution >= 4 is 58.2 Å². The van der Waals surface area contributed by atoms with E-state index < -0.39 is 0 Å². The molecule has 696 valence electrons. The van der Waals surface area contributed by atoms with Crippen LogP contribution in [0.3, 0.4) is 0 Å². The number of hydrogen-bond acceptors (Lipinski definition) is 7. The molecule has 2 radical (unpaired) electrons. The Kier molecular flexibility index (Phi) is 41.3. The summed E-state index contributed by atoms with van der Waals surface area (Å²) < 4.78 is 6.22. The van der Waals surface area contributed by atoms with Crippen molar-refractivity contribution in [3.63, 3.8) is 0 Å². The molecule has 1 fully saturated rings. The smallest absolute Gasteiger partial charge is 0.512 e. The number of aliphatic hydroxyl groups excluding tert-OH is 1. The number of carbonyl (C=O) groups is 1. The van der Waals surface area contributed by atoms with E-state index in [0.717, 1.165) is 104 Å². The minimum absolute atomic E-state index is 0. The van der Waals surface area contributed by atoms with Gasteiger partial charge in [0.2, 0.25) is 0 Å². The van der Waals surface area contributed by atoms with Crippen LogP contribution >= 0.6 is 0 Å². The van der Waals surface area contributed by atoms with Gasteiger partial charge in [0.25, 0.3) is 0 Å². The van der Waals surface area contributed by atoms with Gasteiger partial charge in [-0.1, -0.05) is 220 Å². The standard InChI is InChI=1S/C51H57N3.C24H16N2.C17H14N.C15H10N.C11H8N.C5H8O2.CH4.2Ir.Pt/c1-37-13-7-10-16-46(37)49-28-25-40(34-52(49)4)19-22-43-31-44(23-20-41-26-29-50(53(5)35-41)47-17-11-8-14-38(47)2)33-45(32-43)24-21-42-27-30-51(54(6)36-42)48-18-12-9-15-39(48)3;1-2-10-20(11-3-1)22-13-4-5-15-24(22)26-18-19-9-8-12-21(17-19)23-14-6-7-16-25-23;1-12-6-5-8-14(10-12)17-13(2)16-9-4-3-7-15(16)11-18-17;1-2-6-12(7-3-1)15-10-13-8-4-5-9-14(13)11-16-15;1-2-6-10(7-3-1)11-8-4-5-9-12-11;1-4(6)3-5(2)7;;;;/h7-18,25-30,34-36,43-45H,4-6,19-24,31-33H2,1-3H3;1-10,12-16,18H;3-7,9-11H,1-2H3;1-6,8-11H;1-6,8-9H;3,6H,1-2H3;1H4;;;/q;-2;3*-1;;;;;+2/t43?,44-,45+;;;;;;;;;. The average molecular weight is 2330 g/mol. The van der Waals surface area contributed by atoms with Gasteiger partial charge in [-0.05, 0) is 200 Å². The molecule has 10 nitrogen and oxygen atoms in total. The summed E-state index contributed by atoms with van der Waals surface area (Å²) in [5, 5.41) is 14.4. The number of benzene rings is 10. The van der Waals surface area contributed by atoms with Crippen molar-refractivity contribution in [1.82, 2.24) is 19.9 Å². The molecule has 13 heteroatoms. The predicted octanol–water partition coefficient (Wildman–Crippen LogP) is 28.1. The SMILES string of the molecule is C.C=[N+]1C=C(CC[C@@H]2CC(CCc3ccc(=C4C=CC=C[C-]4C)[n+](=C)c3)C[C@H](CCC3=C[N+](=C)[C-](c4ccccc4C)C=C3)C2)C=C[C-]1c1ccccc1C.CC(=O)C=C(C)O.Cc1cc[c-]c(-c2ncc3ccccc3c2C)c1.[Ir].[Ir].[Pt+2].[c-]1c(C=Nc2ccccc2-c2[c-]cccc2)cccc1-c1ccccn1.[c-]1ccccc1-c1cc2ccccc2cn1.[c-]1ccccc1-c1ccccn1. The number of aryl methyl sites for hydroxylation is 5. The second-order valence-electron chi connectivity index (χ2n) is 34.0. The quantitative estimate of drug-likeness (QED) is 0.0284. The van der Waals surface area contributed by atoms with Crippen LogP contribution < -0.4 is 9.59 Å². The fraction of sp³-hybridized carbons (Fsp3) is 0.161. The number of rotatable bonds is 19. The summed E-state index contributed by atoms with van der Waals surface area (Å²) in [6.45, 7) is 26.8. The van der Waals surface area contributed by atoms with E-state index in [1.54, 1.807) is 12.4 Å². The molecule has 1 saturated carbocycles. The molecule has 2 aliphatic carbocycles. The van der Waals surface area contributed by atoms with Crippen LogP contribution in [0.4, 0.5) is 5.69 Å². The van der Waals surface area contributed by atoms with E-state index >= 15 is 0 Å². The molecule has 1 unspecified atom stereocenters. The van der Waals surface area contributed by atoms with Gasteiger partial charge in [-0.2, -0.15) is 0 Å². The molecule has 7 heterocycles. The Morgan fingerprint density at radius 2 is 1.01 bits per heavy atom. The van der Waals surface area contributed by atoms with Crippen LogP contribution in [-0.2, 0) is 72.5 Å². The molecule has 0 bridgehead atoms. The van der Waals surface area contributed by atoms with Crippen LogP contribution in [0, 0.1) is 100 Å². The zero-order valence-corrected chi connectivity index (χ0v) is 85.1. The topological polar surface area (TPSA) is 113 Å². The summed E-state index contributed by atoms with van der Waals surface area (Å²) in [5.74, 6) is 3.40. The molecule has 137 heavy (non-hydrogen) atoms. The van der Waals surface area contributed by atoms with E-state index in [-0.39, 0.29) is 80.2 Å². The monoisotopic (exact) mass is 2330 g/mol. The maximum Gasteiger partial charge on any atom is 2.00 e. The first-order valence-electron chi connectivity index (χ1n) is 45.6. The summed E-state index contributed by atoms with van der Waals surface area (Å²) in [6, 6.07) is 115. The van der Waals surface area contributed by atoms with Gasteiger partial charge < -0.3 is 25.1 Å². The second-order valence-corrected chi connectivity index (χ2v) is 34.0. The number of hydrogen-bond donors (Lipinski definition) is 1.